The molecule has 28 heavy (non-hydrogen) atoms. The number of carboxylic acid groups (broad SMARTS) is 1. The van der Waals surface area contributed by atoms with Crippen molar-refractivity contribution in [3.8, 4) is 0 Å². The van der Waals surface area contributed by atoms with Crippen molar-refractivity contribution in [3.05, 3.63) is 23.3 Å². The summed E-state index contributed by atoms with van der Waals surface area (Å²) in [5, 5.41) is 9.12. The summed E-state index contributed by atoms with van der Waals surface area (Å²) in [4.78, 5) is 11.1. The molecule has 0 saturated heterocycles. The highest BCUT2D eigenvalue weighted by Gasteiger charge is 2.57. The third-order valence-electron chi connectivity index (χ3n) is 9.74. The van der Waals surface area contributed by atoms with E-state index >= 15 is 0 Å². The Kier molecular flexibility index (Phi) is 4.87. The van der Waals surface area contributed by atoms with Crippen molar-refractivity contribution in [1.29, 1.82) is 0 Å². The van der Waals surface area contributed by atoms with Gasteiger partial charge < -0.3 is 5.11 Å². The molecule has 0 spiro atoms. The SMILES string of the molecule is C[C@H](CCC(=O)O)[C@H]1CC[C@H]2C3=CC=C4C(C)(C)CCC[C@]4(C)[C@H]3CC[C@]12C. The van der Waals surface area contributed by atoms with E-state index in [-0.39, 0.29) is 0 Å². The first kappa shape index (κ1) is 20.2. The van der Waals surface area contributed by atoms with Crippen molar-refractivity contribution in [2.24, 2.45) is 39.9 Å². The van der Waals surface area contributed by atoms with Crippen LogP contribution < -0.4 is 0 Å². The fraction of sp³-hybridized carbons (Fsp3) is 0.808. The van der Waals surface area contributed by atoms with Gasteiger partial charge in [-0.25, -0.2) is 0 Å². The molecule has 2 heteroatoms. The van der Waals surface area contributed by atoms with Crippen molar-refractivity contribution < 1.29 is 9.90 Å². The number of rotatable bonds is 4. The molecule has 0 heterocycles. The molecule has 3 fully saturated rings. The van der Waals surface area contributed by atoms with Crippen molar-refractivity contribution in [2.75, 3.05) is 0 Å². The standard InChI is InChI=1S/C26H40O2/c1-17(7-12-23(27)28)19-9-10-20-18-8-11-22-24(2,3)14-6-15-26(22,5)21(18)13-16-25(19,20)4/h8,11,17,19-21H,6-7,9-10,12-16H2,1-5H3,(H,27,28)/t17-,19-,20+,21+,25-,26-/m1/s1. The topological polar surface area (TPSA) is 37.3 Å². The minimum atomic E-state index is -0.643. The lowest BCUT2D eigenvalue weighted by Gasteiger charge is -2.57. The highest BCUT2D eigenvalue weighted by atomic mass is 16.4. The molecule has 0 aromatic carbocycles. The van der Waals surface area contributed by atoms with Gasteiger partial charge in [-0.1, -0.05) is 64.3 Å². The number of hydrogen-bond donors (Lipinski definition) is 1. The molecule has 156 valence electrons. The van der Waals surface area contributed by atoms with Gasteiger partial charge in [-0.05, 0) is 84.9 Å². The van der Waals surface area contributed by atoms with Gasteiger partial charge in [-0.3, -0.25) is 4.79 Å². The van der Waals surface area contributed by atoms with Gasteiger partial charge in [0.2, 0.25) is 0 Å². The van der Waals surface area contributed by atoms with Gasteiger partial charge in [0.05, 0.1) is 0 Å². The van der Waals surface area contributed by atoms with E-state index in [9.17, 15) is 4.79 Å². The lowest BCUT2D eigenvalue weighted by molar-refractivity contribution is -0.137. The summed E-state index contributed by atoms with van der Waals surface area (Å²) in [6, 6.07) is 0. The van der Waals surface area contributed by atoms with Crippen molar-refractivity contribution >= 4 is 5.97 Å². The average molecular weight is 385 g/mol. The molecular weight excluding hydrogens is 344 g/mol. The molecule has 3 saturated carbocycles. The van der Waals surface area contributed by atoms with E-state index in [1.54, 1.807) is 11.1 Å². The Morgan fingerprint density at radius 1 is 1.07 bits per heavy atom. The maximum atomic E-state index is 11.1. The second-order valence-electron chi connectivity index (χ2n) is 11.6. The molecule has 0 unspecified atom stereocenters. The maximum Gasteiger partial charge on any atom is 0.303 e. The summed E-state index contributed by atoms with van der Waals surface area (Å²) in [6.07, 6.45) is 15.5. The van der Waals surface area contributed by atoms with Crippen molar-refractivity contribution in [3.63, 3.8) is 0 Å². The molecule has 0 bridgehead atoms. The van der Waals surface area contributed by atoms with E-state index in [1.807, 2.05) is 0 Å². The van der Waals surface area contributed by atoms with Crippen LogP contribution in [0.4, 0.5) is 0 Å². The van der Waals surface area contributed by atoms with E-state index in [4.69, 9.17) is 5.11 Å². The Morgan fingerprint density at radius 2 is 1.82 bits per heavy atom. The number of aliphatic carboxylic acids is 1. The summed E-state index contributed by atoms with van der Waals surface area (Å²) < 4.78 is 0. The average Bonchev–Trinajstić information content (AvgIpc) is 2.96. The normalized spacial score (nSPS) is 42.5. The molecule has 1 N–H and O–H groups in total. The summed E-state index contributed by atoms with van der Waals surface area (Å²) in [5.41, 5.74) is 4.55. The number of hydrogen-bond acceptors (Lipinski definition) is 1. The monoisotopic (exact) mass is 384 g/mol. The van der Waals surface area contributed by atoms with Gasteiger partial charge in [-0.15, -0.1) is 0 Å². The molecule has 0 aromatic heterocycles. The van der Waals surface area contributed by atoms with Gasteiger partial charge in [0.15, 0.2) is 0 Å². The largest absolute Gasteiger partial charge is 0.481 e. The van der Waals surface area contributed by atoms with Crippen LogP contribution in [0.5, 0.6) is 0 Å². The summed E-state index contributed by atoms with van der Waals surface area (Å²) >= 11 is 0. The number of carboxylic acids is 1. The third kappa shape index (κ3) is 2.92. The lowest BCUT2D eigenvalue weighted by atomic mass is 9.47. The zero-order valence-corrected chi connectivity index (χ0v) is 18.7. The molecule has 0 radical (unpaired) electrons. The Morgan fingerprint density at radius 3 is 2.54 bits per heavy atom. The minimum absolute atomic E-state index is 0.322. The van der Waals surface area contributed by atoms with Gasteiger partial charge in [-0.2, -0.15) is 0 Å². The zero-order chi connectivity index (χ0) is 20.3. The first-order chi connectivity index (χ1) is 13.1. The quantitative estimate of drug-likeness (QED) is 0.566. The lowest BCUT2D eigenvalue weighted by Crippen LogP contribution is -2.48. The van der Waals surface area contributed by atoms with Gasteiger partial charge in [0, 0.05) is 6.42 Å². The fourth-order valence-electron chi connectivity index (χ4n) is 8.34. The number of carbonyl (C=O) groups is 1. The van der Waals surface area contributed by atoms with Crippen LogP contribution in [0.2, 0.25) is 0 Å². The minimum Gasteiger partial charge on any atom is -0.481 e. The molecule has 0 amide bonds. The van der Waals surface area contributed by atoms with Crippen LogP contribution in [0.3, 0.4) is 0 Å². The van der Waals surface area contributed by atoms with E-state index < -0.39 is 5.97 Å². The Hall–Kier alpha value is -1.05. The molecular formula is C26H40O2. The molecule has 4 aliphatic carbocycles. The van der Waals surface area contributed by atoms with Gasteiger partial charge >= 0.3 is 5.97 Å². The fourth-order valence-corrected chi connectivity index (χ4v) is 8.34. The molecule has 0 aliphatic heterocycles. The number of fused-ring (bicyclic) bond motifs is 5. The Bertz CT molecular complexity index is 714. The van der Waals surface area contributed by atoms with E-state index in [1.165, 1.54) is 44.9 Å². The molecule has 2 nitrogen and oxygen atoms in total. The summed E-state index contributed by atoms with van der Waals surface area (Å²) in [5.74, 6) is 2.00. The van der Waals surface area contributed by atoms with Crippen molar-refractivity contribution in [2.45, 2.75) is 92.4 Å². The highest BCUT2D eigenvalue weighted by Crippen LogP contribution is 2.67. The van der Waals surface area contributed by atoms with E-state index in [2.05, 4.69) is 46.8 Å². The van der Waals surface area contributed by atoms with Crippen molar-refractivity contribution in [1.82, 2.24) is 0 Å². The molecule has 4 aliphatic rings. The van der Waals surface area contributed by atoms with Crippen LogP contribution >= 0.6 is 0 Å². The smallest absolute Gasteiger partial charge is 0.303 e. The van der Waals surface area contributed by atoms with Gasteiger partial charge in [0.25, 0.3) is 0 Å². The Balaban J connectivity index is 1.63. The predicted molar refractivity (Wildman–Crippen MR) is 115 cm³/mol. The zero-order valence-electron chi connectivity index (χ0n) is 18.7. The van der Waals surface area contributed by atoms with Crippen LogP contribution in [0.1, 0.15) is 92.4 Å². The van der Waals surface area contributed by atoms with Gasteiger partial charge in [0.1, 0.15) is 0 Å². The maximum absolute atomic E-state index is 11.1. The van der Waals surface area contributed by atoms with Crippen LogP contribution in [0.15, 0.2) is 23.3 Å². The highest BCUT2D eigenvalue weighted by molar-refractivity contribution is 5.66. The first-order valence-corrected chi connectivity index (χ1v) is 11.7. The summed E-state index contributed by atoms with van der Waals surface area (Å²) in [6.45, 7) is 12.3. The molecule has 4 rings (SSSR count). The second kappa shape index (κ2) is 6.74. The van der Waals surface area contributed by atoms with Crippen LogP contribution in [-0.4, -0.2) is 11.1 Å². The molecule has 0 aromatic rings. The second-order valence-corrected chi connectivity index (χ2v) is 11.6. The first-order valence-electron chi connectivity index (χ1n) is 11.7. The van der Waals surface area contributed by atoms with Crippen LogP contribution in [-0.2, 0) is 4.79 Å². The van der Waals surface area contributed by atoms with Crippen LogP contribution in [0, 0.1) is 39.9 Å². The van der Waals surface area contributed by atoms with Crippen LogP contribution in [0.25, 0.3) is 0 Å². The summed E-state index contributed by atoms with van der Waals surface area (Å²) in [7, 11) is 0. The number of allylic oxidation sites excluding steroid dienone is 4. The Labute approximate surface area is 171 Å². The third-order valence-corrected chi connectivity index (χ3v) is 9.74. The molecule has 6 atom stereocenters. The van der Waals surface area contributed by atoms with E-state index in [0.29, 0.717) is 40.4 Å². The predicted octanol–water partition coefficient (Wildman–Crippen LogP) is 7.01. The van der Waals surface area contributed by atoms with E-state index in [0.717, 1.165) is 12.3 Å².